The molecule has 0 aliphatic carbocycles. The van der Waals surface area contributed by atoms with Crippen LogP contribution in [0.15, 0.2) is 92.6 Å². The average molecular weight is 530 g/mol. The Morgan fingerprint density at radius 3 is 1.79 bits per heavy atom. The van der Waals surface area contributed by atoms with Gasteiger partial charge in [-0.05, 0) is 63.2 Å². The van der Waals surface area contributed by atoms with Crippen LogP contribution in [-0.4, -0.2) is 9.97 Å². The molecule has 3 aromatic carbocycles. The van der Waals surface area contributed by atoms with Crippen LogP contribution in [0.1, 0.15) is 27.8 Å². The second-order valence-corrected chi connectivity index (χ2v) is 11.1. The Morgan fingerprint density at radius 1 is 0.658 bits per heavy atom. The number of aryl methyl sites for hydroxylation is 3. The molecule has 0 saturated carbocycles. The van der Waals surface area contributed by atoms with Gasteiger partial charge in [0.1, 0.15) is 33.6 Å². The number of rotatable bonds is 5. The van der Waals surface area contributed by atoms with Crippen molar-refractivity contribution in [3.8, 4) is 23.3 Å². The monoisotopic (exact) mass is 529 g/mol. The minimum atomic E-state index is 0.0896. The summed E-state index contributed by atoms with van der Waals surface area (Å²) in [6.07, 6.45) is 0. The molecule has 0 saturated heterocycles. The third kappa shape index (κ3) is 5.08. The van der Waals surface area contributed by atoms with Gasteiger partial charge in [0.15, 0.2) is 0 Å². The zero-order valence-electron chi connectivity index (χ0n) is 21.1. The van der Waals surface area contributed by atoms with Gasteiger partial charge in [-0.15, -0.1) is 0 Å². The molecule has 184 valence electrons. The molecule has 0 amide bonds. The van der Waals surface area contributed by atoms with Gasteiger partial charge in [0.05, 0.1) is 11.1 Å². The molecule has 0 spiro atoms. The fourth-order valence-electron chi connectivity index (χ4n) is 4.11. The van der Waals surface area contributed by atoms with E-state index >= 15 is 0 Å². The Morgan fingerprint density at radius 2 is 1.21 bits per heavy atom. The molecule has 0 fully saturated rings. The molecule has 2 aromatic heterocycles. The maximum Gasteiger partial charge on any atom is 0.143 e. The zero-order valence-corrected chi connectivity index (χ0v) is 22.7. The van der Waals surface area contributed by atoms with Crippen LogP contribution in [0.4, 0.5) is 5.82 Å². The van der Waals surface area contributed by atoms with Crippen LogP contribution in [0.25, 0.3) is 22.0 Å². The summed E-state index contributed by atoms with van der Waals surface area (Å²) in [6.45, 7) is 6.09. The highest BCUT2D eigenvalue weighted by atomic mass is 32.2. The number of nitriles is 2. The fraction of sp³-hybridized carbons (Fsp3) is 0.0968. The first-order chi connectivity index (χ1) is 18.4. The van der Waals surface area contributed by atoms with Crippen LogP contribution in [-0.2, 0) is 0 Å². The van der Waals surface area contributed by atoms with Gasteiger partial charge in [-0.2, -0.15) is 10.5 Å². The van der Waals surface area contributed by atoms with Crippen molar-refractivity contribution < 1.29 is 0 Å². The predicted octanol–water partition coefficient (Wildman–Crippen LogP) is 7.85. The Labute approximate surface area is 230 Å². The molecule has 38 heavy (non-hydrogen) atoms. The summed E-state index contributed by atoms with van der Waals surface area (Å²) in [4.78, 5) is 11.4. The molecule has 0 atom stereocenters. The number of hydrogen-bond acceptors (Lipinski definition) is 7. The Kier molecular flexibility index (Phi) is 7.07. The van der Waals surface area contributed by atoms with Gasteiger partial charge in [0.25, 0.3) is 0 Å². The third-order valence-electron chi connectivity index (χ3n) is 6.09. The molecule has 0 aliphatic heterocycles. The molecular formula is C31H23N5S2. The van der Waals surface area contributed by atoms with Crippen molar-refractivity contribution in [2.75, 3.05) is 5.73 Å². The van der Waals surface area contributed by atoms with Gasteiger partial charge in [0, 0.05) is 26.3 Å². The van der Waals surface area contributed by atoms with Crippen LogP contribution in [0.3, 0.4) is 0 Å². The second kappa shape index (κ2) is 10.6. The minimum absolute atomic E-state index is 0.0896. The number of nitrogens with zero attached hydrogens (tertiary/aromatic N) is 4. The first-order valence-electron chi connectivity index (χ1n) is 11.9. The van der Waals surface area contributed by atoms with Gasteiger partial charge in [0.2, 0.25) is 0 Å². The van der Waals surface area contributed by atoms with Crippen molar-refractivity contribution in [1.82, 2.24) is 9.97 Å². The molecule has 5 rings (SSSR count). The lowest BCUT2D eigenvalue weighted by molar-refractivity contribution is 1.10. The number of nitrogen functional groups attached to an aromatic ring is 1. The number of benzene rings is 3. The van der Waals surface area contributed by atoms with Crippen LogP contribution >= 0.6 is 23.5 Å². The minimum Gasteiger partial charge on any atom is -0.383 e. The van der Waals surface area contributed by atoms with Crippen molar-refractivity contribution in [1.29, 1.82) is 10.5 Å². The Balaban J connectivity index is 1.78. The quantitative estimate of drug-likeness (QED) is 0.247. The lowest BCUT2D eigenvalue weighted by Crippen LogP contribution is -2.04. The van der Waals surface area contributed by atoms with E-state index < -0.39 is 0 Å². The molecule has 0 unspecified atom stereocenters. The smallest absolute Gasteiger partial charge is 0.143 e. The second-order valence-electron chi connectivity index (χ2n) is 9.02. The van der Waals surface area contributed by atoms with E-state index in [2.05, 4.69) is 35.3 Å². The first-order valence-corrected chi connectivity index (χ1v) is 13.5. The van der Waals surface area contributed by atoms with Gasteiger partial charge in [-0.3, -0.25) is 0 Å². The summed E-state index contributed by atoms with van der Waals surface area (Å²) in [7, 11) is 0. The first kappa shape index (κ1) is 25.4. The topological polar surface area (TPSA) is 99.4 Å². The molecule has 0 bridgehead atoms. The molecule has 2 heterocycles. The number of anilines is 1. The van der Waals surface area contributed by atoms with Crippen molar-refractivity contribution >= 4 is 40.2 Å². The maximum atomic E-state index is 10.4. The van der Waals surface area contributed by atoms with Gasteiger partial charge < -0.3 is 5.73 Å². The van der Waals surface area contributed by atoms with Crippen molar-refractivity contribution in [3.63, 3.8) is 0 Å². The van der Waals surface area contributed by atoms with Crippen LogP contribution < -0.4 is 5.73 Å². The summed E-state index contributed by atoms with van der Waals surface area (Å²) in [5.41, 5.74) is 12.2. The van der Waals surface area contributed by atoms with Gasteiger partial charge in [-0.25, -0.2) is 9.97 Å². The van der Waals surface area contributed by atoms with Gasteiger partial charge >= 0.3 is 0 Å². The highest BCUT2D eigenvalue weighted by molar-refractivity contribution is 7.99. The highest BCUT2D eigenvalue weighted by Crippen LogP contribution is 2.43. The summed E-state index contributed by atoms with van der Waals surface area (Å²) < 4.78 is 0. The molecule has 2 N–H and O–H groups in total. The average Bonchev–Trinajstić information content (AvgIpc) is 2.91. The molecule has 0 radical (unpaired) electrons. The highest BCUT2D eigenvalue weighted by Gasteiger charge is 2.24. The molecular weight excluding hydrogens is 507 g/mol. The molecule has 5 nitrogen and oxygen atoms in total. The molecule has 5 aromatic rings. The van der Waals surface area contributed by atoms with E-state index in [1.165, 1.54) is 23.5 Å². The predicted molar refractivity (Wildman–Crippen MR) is 154 cm³/mol. The van der Waals surface area contributed by atoms with Crippen LogP contribution in [0, 0.1) is 43.4 Å². The summed E-state index contributed by atoms with van der Waals surface area (Å²) in [6, 6.07) is 28.8. The molecule has 0 aliphatic rings. The Hall–Kier alpha value is -4.30. The van der Waals surface area contributed by atoms with E-state index in [9.17, 15) is 10.5 Å². The van der Waals surface area contributed by atoms with E-state index in [4.69, 9.17) is 10.7 Å². The Bertz CT molecular complexity index is 1760. The summed E-state index contributed by atoms with van der Waals surface area (Å²) in [5.74, 6) is 0.0896. The number of pyridine rings is 2. The van der Waals surface area contributed by atoms with E-state index in [1.54, 1.807) is 0 Å². The van der Waals surface area contributed by atoms with E-state index in [0.717, 1.165) is 37.4 Å². The number of fused-ring (bicyclic) bond motifs is 1. The number of nitrogens with two attached hydrogens (primary N) is 1. The maximum absolute atomic E-state index is 10.4. The van der Waals surface area contributed by atoms with Crippen LogP contribution in [0.5, 0.6) is 0 Å². The van der Waals surface area contributed by atoms with Crippen molar-refractivity contribution in [2.45, 2.75) is 40.6 Å². The van der Waals surface area contributed by atoms with Crippen molar-refractivity contribution in [3.05, 3.63) is 101 Å². The third-order valence-corrected chi connectivity index (χ3v) is 8.10. The fourth-order valence-corrected chi connectivity index (χ4v) is 5.91. The SMILES string of the molecule is Cc1ccc(Sc2nc3ccc(C)cc3cc2-c2c(C#N)c(N)nc(Sc3ccc(C)cc3)c2C#N)cc1. The van der Waals surface area contributed by atoms with Gasteiger partial charge in [-0.1, -0.05) is 70.5 Å². The number of hydrogen-bond donors (Lipinski definition) is 1. The largest absolute Gasteiger partial charge is 0.383 e. The van der Waals surface area contributed by atoms with E-state index in [0.29, 0.717) is 26.7 Å². The normalized spacial score (nSPS) is 10.8. The van der Waals surface area contributed by atoms with Crippen LogP contribution in [0.2, 0.25) is 0 Å². The molecule has 7 heteroatoms. The lowest BCUT2D eigenvalue weighted by atomic mass is 9.96. The zero-order chi connectivity index (χ0) is 26.8. The lowest BCUT2D eigenvalue weighted by Gasteiger charge is -2.16. The summed E-state index contributed by atoms with van der Waals surface area (Å²) >= 11 is 2.85. The number of aromatic nitrogens is 2. The summed E-state index contributed by atoms with van der Waals surface area (Å²) in [5, 5.41) is 22.6. The van der Waals surface area contributed by atoms with E-state index in [-0.39, 0.29) is 11.4 Å². The van der Waals surface area contributed by atoms with E-state index in [1.807, 2.05) is 75.4 Å². The standard InChI is InChI=1S/C31H23N5S2/c1-18-4-9-22(10-5-18)37-30-24(15-21-14-20(3)8-13-27(21)35-30)28-25(16-32)29(34)36-31(26(28)17-33)38-23-11-6-19(2)7-12-23/h4-15H,1-3H3,(H2,34,36). The van der Waals surface area contributed by atoms with Crippen molar-refractivity contribution in [2.24, 2.45) is 0 Å².